The van der Waals surface area contributed by atoms with Crippen molar-refractivity contribution in [2.24, 2.45) is 17.0 Å². The van der Waals surface area contributed by atoms with Gasteiger partial charge < -0.3 is 37.9 Å². The zero-order chi connectivity index (χ0) is 36.3. The normalized spacial score (nSPS) is 28.9. The first-order valence-corrected chi connectivity index (χ1v) is 17.1. The van der Waals surface area contributed by atoms with E-state index in [1.165, 1.54) is 6.92 Å². The molecular weight excluding hydrogens is 658 g/mol. The van der Waals surface area contributed by atoms with Gasteiger partial charge in [0.05, 0.1) is 37.5 Å². The van der Waals surface area contributed by atoms with E-state index < -0.39 is 61.1 Å². The third kappa shape index (κ3) is 9.57. The van der Waals surface area contributed by atoms with Crippen LogP contribution < -0.4 is 9.47 Å². The predicted molar refractivity (Wildman–Crippen MR) is 185 cm³/mol. The first-order valence-electron chi connectivity index (χ1n) is 17.1. The van der Waals surface area contributed by atoms with Gasteiger partial charge in [0, 0.05) is 11.8 Å². The van der Waals surface area contributed by atoms with Gasteiger partial charge in [-0.05, 0) is 65.7 Å². The van der Waals surface area contributed by atoms with Gasteiger partial charge in [0.15, 0.2) is 12.4 Å². The van der Waals surface area contributed by atoms with Crippen LogP contribution in [0, 0.1) is 11.8 Å². The number of carbonyl (C=O) groups is 2. The fraction of sp³-hybridized carbons (Fsp3) is 0.474. The summed E-state index contributed by atoms with van der Waals surface area (Å²) in [6.07, 6.45) is -5.97. The van der Waals surface area contributed by atoms with Crippen LogP contribution in [0.3, 0.4) is 0 Å². The van der Waals surface area contributed by atoms with E-state index in [2.05, 4.69) is 10.0 Å². The van der Waals surface area contributed by atoms with Gasteiger partial charge in [-0.3, -0.25) is 4.79 Å². The molecule has 2 aliphatic rings. The first kappa shape index (κ1) is 37.6. The quantitative estimate of drug-likeness (QED) is 0.0771. The van der Waals surface area contributed by atoms with Gasteiger partial charge in [0.2, 0.25) is 6.29 Å². The number of carbonyl (C=O) groups excluding carboxylic acids is 2. The molecule has 0 bridgehead atoms. The highest BCUT2D eigenvalue weighted by atomic mass is 16.7. The minimum atomic E-state index is -1.15. The zero-order valence-corrected chi connectivity index (χ0v) is 29.4. The van der Waals surface area contributed by atoms with Crippen molar-refractivity contribution < 1.29 is 47.5 Å². The van der Waals surface area contributed by atoms with E-state index in [9.17, 15) is 15.1 Å². The van der Waals surface area contributed by atoms with Crippen molar-refractivity contribution in [3.8, 4) is 11.5 Å². The maximum atomic E-state index is 13.7. The molecule has 2 aliphatic heterocycles. The summed E-state index contributed by atoms with van der Waals surface area (Å²) in [7, 11) is 1.57. The molecule has 51 heavy (non-hydrogen) atoms. The van der Waals surface area contributed by atoms with Crippen molar-refractivity contribution in [3.05, 3.63) is 106 Å². The van der Waals surface area contributed by atoms with E-state index in [-0.39, 0.29) is 25.0 Å². The molecule has 0 N–H and O–H groups in total. The monoisotopic (exact) mass is 703 g/mol. The minimum absolute atomic E-state index is 0.00884. The van der Waals surface area contributed by atoms with E-state index in [1.54, 1.807) is 61.7 Å². The molecule has 13 nitrogen and oxygen atoms in total. The number of hydrogen-bond acceptors (Lipinski definition) is 11. The van der Waals surface area contributed by atoms with Crippen molar-refractivity contribution in [1.82, 2.24) is 0 Å². The van der Waals surface area contributed by atoms with Crippen molar-refractivity contribution in [3.63, 3.8) is 0 Å². The molecule has 0 spiro atoms. The number of azide groups is 1. The standard InChI is InChI=1S/C38H45N3O10/c1-6-30-33(51-37-32(40-41-39)24(3)23(2)31(49-37)22-45-25(4)42)34(46-21-26-13-9-7-10-14-26)35(50-36(43)27-15-11-8-12-16-27)38(48-30)47-29-19-17-28(44-5)18-20-29/h7-20,23-24,30-35,37-38H,6,21-22H2,1-5H3/t23-,24-,30?,31?,32?,33+,34+,35?,37-,38+/m0/s1. The van der Waals surface area contributed by atoms with Crippen LogP contribution in [0.4, 0.5) is 0 Å². The minimum Gasteiger partial charge on any atom is -0.497 e. The molecule has 2 saturated heterocycles. The number of nitrogens with zero attached hydrogens (tertiary/aromatic N) is 3. The smallest absolute Gasteiger partial charge is 0.338 e. The molecule has 4 unspecified atom stereocenters. The number of hydrogen-bond donors (Lipinski definition) is 0. The van der Waals surface area contributed by atoms with Crippen LogP contribution in [0.1, 0.15) is 50.0 Å². The van der Waals surface area contributed by atoms with E-state index in [4.69, 9.17) is 37.9 Å². The summed E-state index contributed by atoms with van der Waals surface area (Å²) in [5, 5.41) is 4.07. The second kappa shape index (κ2) is 18.0. The Morgan fingerprint density at radius 3 is 2.10 bits per heavy atom. The molecular formula is C38H45N3O10. The summed E-state index contributed by atoms with van der Waals surface area (Å²) < 4.78 is 49.6. The molecule has 272 valence electrons. The Hall–Kier alpha value is -4.65. The summed E-state index contributed by atoms with van der Waals surface area (Å²) in [5.41, 5.74) is 10.8. The second-order valence-corrected chi connectivity index (χ2v) is 12.6. The molecule has 10 atom stereocenters. The van der Waals surface area contributed by atoms with E-state index in [1.807, 2.05) is 51.1 Å². The molecule has 5 rings (SSSR count). The highest BCUT2D eigenvalue weighted by Crippen LogP contribution is 2.38. The van der Waals surface area contributed by atoms with Crippen LogP contribution in [-0.2, 0) is 39.8 Å². The molecule has 0 radical (unpaired) electrons. The highest BCUT2D eigenvalue weighted by Gasteiger charge is 2.53. The maximum absolute atomic E-state index is 13.7. The SMILES string of the molecule is CCC1O[C@@H](Oc2ccc(OC)cc2)C(OC(=O)c2ccccc2)[C@H](OCc2ccccc2)[C@@H]1O[C@@H]1OC(COC(C)=O)[C@@H](C)[C@H](C)C1N=[N+]=[N-]. The number of benzene rings is 3. The number of esters is 2. The van der Waals surface area contributed by atoms with Gasteiger partial charge in [0.25, 0.3) is 0 Å². The van der Waals surface area contributed by atoms with Crippen LogP contribution in [-0.4, -0.2) is 74.8 Å². The maximum Gasteiger partial charge on any atom is 0.338 e. The summed E-state index contributed by atoms with van der Waals surface area (Å²) in [6.45, 7) is 7.27. The number of rotatable bonds is 14. The Labute approximate surface area is 297 Å². The zero-order valence-electron chi connectivity index (χ0n) is 29.4. The van der Waals surface area contributed by atoms with Crippen molar-refractivity contribution in [2.75, 3.05) is 13.7 Å². The fourth-order valence-corrected chi connectivity index (χ4v) is 6.25. The lowest BCUT2D eigenvalue weighted by Gasteiger charge is -2.49. The largest absolute Gasteiger partial charge is 0.497 e. The van der Waals surface area contributed by atoms with Gasteiger partial charge in [-0.25, -0.2) is 4.79 Å². The Morgan fingerprint density at radius 2 is 1.47 bits per heavy atom. The Kier molecular flexibility index (Phi) is 13.3. The lowest BCUT2D eigenvalue weighted by molar-refractivity contribution is -0.332. The van der Waals surface area contributed by atoms with Crippen molar-refractivity contribution in [1.29, 1.82) is 0 Å². The molecule has 3 aromatic rings. The number of ether oxygens (including phenoxy) is 8. The molecule has 3 aromatic carbocycles. The van der Waals surface area contributed by atoms with Gasteiger partial charge in [-0.1, -0.05) is 74.4 Å². The van der Waals surface area contributed by atoms with Crippen LogP contribution in [0.15, 0.2) is 90.0 Å². The van der Waals surface area contributed by atoms with E-state index in [0.717, 1.165) is 5.56 Å². The Balaban J connectivity index is 1.53. The lowest BCUT2D eigenvalue weighted by Crippen LogP contribution is -2.64. The molecule has 0 saturated carbocycles. The van der Waals surface area contributed by atoms with Crippen LogP contribution in [0.5, 0.6) is 11.5 Å². The topological polar surface area (TPSA) is 157 Å². The average molecular weight is 704 g/mol. The van der Waals surface area contributed by atoms with Gasteiger partial charge in [0.1, 0.15) is 30.3 Å². The van der Waals surface area contributed by atoms with Crippen molar-refractivity contribution >= 4 is 11.9 Å². The average Bonchev–Trinajstić information content (AvgIpc) is 3.15. The lowest BCUT2D eigenvalue weighted by atomic mass is 9.82. The van der Waals surface area contributed by atoms with Crippen LogP contribution >= 0.6 is 0 Å². The molecule has 0 aliphatic carbocycles. The van der Waals surface area contributed by atoms with Crippen LogP contribution in [0.2, 0.25) is 0 Å². The summed E-state index contributed by atoms with van der Waals surface area (Å²) in [5.74, 6) is -0.324. The first-order chi connectivity index (χ1) is 24.7. The van der Waals surface area contributed by atoms with E-state index >= 15 is 0 Å². The Morgan fingerprint density at radius 1 is 0.824 bits per heavy atom. The molecule has 2 fully saturated rings. The summed E-state index contributed by atoms with van der Waals surface area (Å²) in [6, 6.07) is 24.4. The van der Waals surface area contributed by atoms with Crippen molar-refractivity contribution in [2.45, 2.75) is 89.9 Å². The molecule has 0 aromatic heterocycles. The number of methoxy groups -OCH3 is 1. The molecule has 2 heterocycles. The second-order valence-electron chi connectivity index (χ2n) is 12.6. The fourth-order valence-electron chi connectivity index (χ4n) is 6.25. The van der Waals surface area contributed by atoms with E-state index in [0.29, 0.717) is 23.5 Å². The Bertz CT molecular complexity index is 1610. The predicted octanol–water partition coefficient (Wildman–Crippen LogP) is 6.64. The van der Waals surface area contributed by atoms with Gasteiger partial charge in [-0.2, -0.15) is 0 Å². The van der Waals surface area contributed by atoms with Gasteiger partial charge >= 0.3 is 11.9 Å². The third-order valence-electron chi connectivity index (χ3n) is 9.31. The third-order valence-corrected chi connectivity index (χ3v) is 9.31. The summed E-state index contributed by atoms with van der Waals surface area (Å²) >= 11 is 0. The van der Waals surface area contributed by atoms with Gasteiger partial charge in [-0.15, -0.1) is 0 Å². The summed E-state index contributed by atoms with van der Waals surface area (Å²) in [4.78, 5) is 28.5. The highest BCUT2D eigenvalue weighted by molar-refractivity contribution is 5.89. The molecule has 0 amide bonds. The van der Waals surface area contributed by atoms with Crippen LogP contribution in [0.25, 0.3) is 10.4 Å². The molecule has 13 heteroatoms.